The van der Waals surface area contributed by atoms with Gasteiger partial charge < -0.3 is 4.74 Å². The van der Waals surface area contributed by atoms with Crippen LogP contribution in [0.1, 0.15) is 25.8 Å². The first kappa shape index (κ1) is 14.3. The third-order valence-corrected chi connectivity index (χ3v) is 2.69. The third-order valence-electron chi connectivity index (χ3n) is 2.44. The molecule has 1 rings (SSSR count). The fourth-order valence-electron chi connectivity index (χ4n) is 1.62. The molecule has 1 aromatic carbocycles. The van der Waals surface area contributed by atoms with E-state index in [9.17, 15) is 4.79 Å². The Hall–Kier alpha value is -1.79. The van der Waals surface area contributed by atoms with Crippen molar-refractivity contribution in [1.29, 1.82) is 5.26 Å². The lowest BCUT2D eigenvalue weighted by molar-refractivity contribution is -0.137. The third kappa shape index (κ3) is 3.35. The molecule has 0 aliphatic heterocycles. The molecule has 0 bridgehead atoms. The van der Waals surface area contributed by atoms with Gasteiger partial charge in [0.1, 0.15) is 11.6 Å². The molecule has 0 saturated heterocycles. The fourth-order valence-corrected chi connectivity index (χ4v) is 1.74. The van der Waals surface area contributed by atoms with Crippen molar-refractivity contribution in [3.63, 3.8) is 0 Å². The smallest absolute Gasteiger partial charge is 0.349 e. The van der Waals surface area contributed by atoms with Crippen LogP contribution in [0.2, 0.25) is 5.02 Å². The highest BCUT2D eigenvalue weighted by molar-refractivity contribution is 6.30. The van der Waals surface area contributed by atoms with Gasteiger partial charge in [0, 0.05) is 5.02 Å². The van der Waals surface area contributed by atoms with Gasteiger partial charge in [-0.3, -0.25) is 0 Å². The molecule has 0 N–H and O–H groups in total. The molecule has 18 heavy (non-hydrogen) atoms. The molecular weight excluding hydrogens is 250 g/mol. The molecule has 0 aromatic heterocycles. The van der Waals surface area contributed by atoms with Crippen LogP contribution in [0.5, 0.6) is 0 Å². The van der Waals surface area contributed by atoms with Crippen LogP contribution in [0, 0.1) is 11.3 Å². The summed E-state index contributed by atoms with van der Waals surface area (Å²) in [5, 5.41) is 9.72. The minimum Gasteiger partial charge on any atom is -0.462 e. The average molecular weight is 264 g/mol. The van der Waals surface area contributed by atoms with E-state index in [0.717, 1.165) is 5.56 Å². The lowest BCUT2D eigenvalue weighted by atomic mass is 9.98. The Morgan fingerprint density at radius 3 is 2.39 bits per heavy atom. The van der Waals surface area contributed by atoms with E-state index < -0.39 is 5.97 Å². The van der Waals surface area contributed by atoms with Gasteiger partial charge in [0.05, 0.1) is 6.61 Å². The Labute approximate surface area is 112 Å². The van der Waals surface area contributed by atoms with Crippen molar-refractivity contribution in [3.8, 4) is 6.07 Å². The van der Waals surface area contributed by atoms with E-state index in [1.54, 1.807) is 31.2 Å². The van der Waals surface area contributed by atoms with Crippen molar-refractivity contribution in [2.45, 2.75) is 20.3 Å². The molecule has 94 valence electrons. The molecule has 0 saturated carbocycles. The number of carbonyl (C=O) groups excluding carboxylic acids is 1. The van der Waals surface area contributed by atoms with E-state index in [2.05, 4.69) is 0 Å². The lowest BCUT2D eigenvalue weighted by Crippen LogP contribution is -2.08. The summed E-state index contributed by atoms with van der Waals surface area (Å²) in [5.41, 5.74) is 1.54. The minimum absolute atomic E-state index is 0.0571. The van der Waals surface area contributed by atoms with Crippen molar-refractivity contribution >= 4 is 23.1 Å². The van der Waals surface area contributed by atoms with Gasteiger partial charge in [-0.1, -0.05) is 30.7 Å². The van der Waals surface area contributed by atoms with E-state index in [0.29, 0.717) is 17.0 Å². The Morgan fingerprint density at radius 2 is 1.94 bits per heavy atom. The molecule has 0 radical (unpaired) electrons. The molecule has 0 aliphatic carbocycles. The second-order valence-electron chi connectivity index (χ2n) is 3.55. The summed E-state index contributed by atoms with van der Waals surface area (Å²) in [6, 6.07) is 8.96. The molecule has 0 heterocycles. The van der Waals surface area contributed by atoms with Crippen LogP contribution in [0.15, 0.2) is 29.8 Å². The second kappa shape index (κ2) is 6.83. The summed E-state index contributed by atoms with van der Waals surface area (Å²) in [4.78, 5) is 11.7. The first-order valence-electron chi connectivity index (χ1n) is 5.70. The van der Waals surface area contributed by atoms with E-state index in [4.69, 9.17) is 21.6 Å². The number of benzene rings is 1. The minimum atomic E-state index is -0.577. The van der Waals surface area contributed by atoms with E-state index in [1.165, 1.54) is 0 Å². The van der Waals surface area contributed by atoms with Crippen molar-refractivity contribution in [2.24, 2.45) is 0 Å². The standard InChI is InChI=1S/C14H14ClNO2/c1-3-12(10-5-7-11(15)8-6-10)13(9-16)14(17)18-4-2/h5-8H,3-4H2,1-2H3/b13-12-. The first-order valence-corrected chi connectivity index (χ1v) is 6.08. The number of halogens is 1. The summed E-state index contributed by atoms with van der Waals surface area (Å²) in [6.07, 6.45) is 0.573. The summed E-state index contributed by atoms with van der Waals surface area (Å²) in [7, 11) is 0. The van der Waals surface area contributed by atoms with Crippen LogP contribution in [-0.4, -0.2) is 12.6 Å². The van der Waals surface area contributed by atoms with Gasteiger partial charge >= 0.3 is 5.97 Å². The molecule has 0 fully saturated rings. The number of nitrogens with zero attached hydrogens (tertiary/aromatic N) is 1. The Morgan fingerprint density at radius 1 is 1.33 bits per heavy atom. The largest absolute Gasteiger partial charge is 0.462 e. The highest BCUT2D eigenvalue weighted by Crippen LogP contribution is 2.24. The molecule has 0 atom stereocenters. The van der Waals surface area contributed by atoms with Crippen LogP contribution in [0.3, 0.4) is 0 Å². The second-order valence-corrected chi connectivity index (χ2v) is 3.98. The van der Waals surface area contributed by atoms with Gasteiger partial charge in [-0.25, -0.2) is 4.79 Å². The van der Waals surface area contributed by atoms with Crippen molar-refractivity contribution in [2.75, 3.05) is 6.61 Å². The Balaban J connectivity index is 3.24. The normalized spacial score (nSPS) is 11.4. The van der Waals surface area contributed by atoms with Crippen LogP contribution in [0.25, 0.3) is 5.57 Å². The average Bonchev–Trinajstić information content (AvgIpc) is 2.37. The van der Waals surface area contributed by atoms with E-state index >= 15 is 0 Å². The topological polar surface area (TPSA) is 50.1 Å². The predicted octanol–water partition coefficient (Wildman–Crippen LogP) is 3.59. The lowest BCUT2D eigenvalue weighted by Gasteiger charge is -2.08. The predicted molar refractivity (Wildman–Crippen MR) is 70.9 cm³/mol. The molecule has 1 aromatic rings. The van der Waals surface area contributed by atoms with Crippen LogP contribution >= 0.6 is 11.6 Å². The zero-order chi connectivity index (χ0) is 13.5. The zero-order valence-electron chi connectivity index (χ0n) is 10.4. The summed E-state index contributed by atoms with van der Waals surface area (Å²) in [5.74, 6) is -0.577. The first-order chi connectivity index (χ1) is 8.63. The van der Waals surface area contributed by atoms with Crippen molar-refractivity contribution < 1.29 is 9.53 Å². The molecule has 0 unspecified atom stereocenters. The zero-order valence-corrected chi connectivity index (χ0v) is 11.1. The van der Waals surface area contributed by atoms with Crippen LogP contribution in [0.4, 0.5) is 0 Å². The number of rotatable bonds is 4. The number of esters is 1. The molecule has 3 nitrogen and oxygen atoms in total. The molecule has 0 spiro atoms. The maximum absolute atomic E-state index is 11.7. The van der Waals surface area contributed by atoms with Gasteiger partial charge in [0.15, 0.2) is 0 Å². The SMILES string of the molecule is CCOC(=O)/C(C#N)=C(/CC)c1ccc(Cl)cc1. The highest BCUT2D eigenvalue weighted by atomic mass is 35.5. The fraction of sp³-hybridized carbons (Fsp3) is 0.286. The molecule has 0 amide bonds. The maximum atomic E-state index is 11.7. The van der Waals surface area contributed by atoms with Gasteiger partial charge in [-0.2, -0.15) is 5.26 Å². The number of nitriles is 1. The van der Waals surface area contributed by atoms with Crippen LogP contribution in [-0.2, 0) is 9.53 Å². The van der Waals surface area contributed by atoms with Gasteiger partial charge in [0.25, 0.3) is 0 Å². The number of carbonyl (C=O) groups is 1. The maximum Gasteiger partial charge on any atom is 0.349 e. The quantitative estimate of drug-likeness (QED) is 0.474. The van der Waals surface area contributed by atoms with Crippen LogP contribution < -0.4 is 0 Å². The van der Waals surface area contributed by atoms with Gasteiger partial charge in [-0.15, -0.1) is 0 Å². The molecular formula is C14H14ClNO2. The van der Waals surface area contributed by atoms with E-state index in [-0.39, 0.29) is 12.2 Å². The Kier molecular flexibility index (Phi) is 5.41. The summed E-state index contributed by atoms with van der Waals surface area (Å²) < 4.78 is 4.88. The number of allylic oxidation sites excluding steroid dienone is 1. The number of ether oxygens (including phenoxy) is 1. The van der Waals surface area contributed by atoms with Crippen molar-refractivity contribution in [3.05, 3.63) is 40.4 Å². The van der Waals surface area contributed by atoms with Gasteiger partial charge in [0.2, 0.25) is 0 Å². The van der Waals surface area contributed by atoms with Gasteiger partial charge in [-0.05, 0) is 36.6 Å². The molecule has 0 aliphatic rings. The monoisotopic (exact) mass is 263 g/mol. The summed E-state index contributed by atoms with van der Waals surface area (Å²) >= 11 is 5.81. The van der Waals surface area contributed by atoms with Crippen molar-refractivity contribution in [1.82, 2.24) is 0 Å². The Bertz CT molecular complexity index is 498. The van der Waals surface area contributed by atoms with E-state index in [1.807, 2.05) is 13.0 Å². The summed E-state index contributed by atoms with van der Waals surface area (Å²) in [6.45, 7) is 3.85. The highest BCUT2D eigenvalue weighted by Gasteiger charge is 2.16. The number of hydrogen-bond donors (Lipinski definition) is 0. The molecule has 4 heteroatoms. The number of hydrogen-bond acceptors (Lipinski definition) is 3.